The molecule has 3 aromatic rings. The summed E-state index contributed by atoms with van der Waals surface area (Å²) in [5.41, 5.74) is 0.945. The number of H-pyrrole nitrogens is 1. The molecular formula is C17H17N3O2S2. The number of amides is 1. The van der Waals surface area contributed by atoms with Crippen LogP contribution in [0.2, 0.25) is 0 Å². The van der Waals surface area contributed by atoms with E-state index in [0.29, 0.717) is 22.7 Å². The van der Waals surface area contributed by atoms with Crippen LogP contribution in [-0.4, -0.2) is 40.6 Å². The lowest BCUT2D eigenvalue weighted by Gasteiger charge is -2.09. The van der Waals surface area contributed by atoms with Gasteiger partial charge in [-0.15, -0.1) is 23.1 Å². The third kappa shape index (κ3) is 3.68. The summed E-state index contributed by atoms with van der Waals surface area (Å²) in [5.74, 6) is 1.52. The molecule has 3 rings (SSSR count). The maximum atomic E-state index is 12.3. The van der Waals surface area contributed by atoms with Crippen LogP contribution in [0.25, 0.3) is 20.7 Å². The largest absolute Gasteiger partial charge is 0.348 e. The number of thiophene rings is 1. The molecule has 0 radical (unpaired) electrons. The number of aromatic nitrogens is 2. The molecule has 0 aliphatic rings. The molecule has 0 fully saturated rings. The average Bonchev–Trinajstić information content (AvgIpc) is 3.00. The first kappa shape index (κ1) is 16.7. The number of rotatable bonds is 5. The second kappa shape index (κ2) is 7.19. The Morgan fingerprint density at radius 1 is 1.29 bits per heavy atom. The zero-order valence-electron chi connectivity index (χ0n) is 13.4. The van der Waals surface area contributed by atoms with Crippen molar-refractivity contribution in [3.8, 4) is 10.4 Å². The van der Waals surface area contributed by atoms with Gasteiger partial charge in [-0.1, -0.05) is 30.3 Å². The number of thioether (sulfide) groups is 1. The summed E-state index contributed by atoms with van der Waals surface area (Å²) >= 11 is 2.95. The molecule has 2 aromatic heterocycles. The van der Waals surface area contributed by atoms with E-state index in [1.807, 2.05) is 36.4 Å². The molecule has 0 bridgehead atoms. The standard InChI is InChI=1S/C17H17N3O2S2/c1-20(2)15(21)10-23-9-14-18-16(22)12-8-13(24-17(12)19-14)11-6-4-3-5-7-11/h3-8H,9-10H2,1-2H3,(H,18,19,22). The third-order valence-electron chi connectivity index (χ3n) is 3.47. The lowest BCUT2D eigenvalue weighted by atomic mass is 10.2. The number of fused-ring (bicyclic) bond motifs is 1. The number of carbonyl (C=O) groups is 1. The van der Waals surface area contributed by atoms with Crippen molar-refractivity contribution in [3.05, 3.63) is 52.6 Å². The van der Waals surface area contributed by atoms with Crippen LogP contribution in [0.1, 0.15) is 5.82 Å². The molecule has 0 spiro atoms. The SMILES string of the molecule is CN(C)C(=O)CSCc1nc2sc(-c3ccccc3)cc2c(=O)[nH]1. The summed E-state index contributed by atoms with van der Waals surface area (Å²) in [6, 6.07) is 11.8. The fourth-order valence-corrected chi connectivity index (χ4v) is 4.07. The number of benzene rings is 1. The van der Waals surface area contributed by atoms with Crippen LogP contribution in [-0.2, 0) is 10.5 Å². The fourth-order valence-electron chi connectivity index (χ4n) is 2.15. The van der Waals surface area contributed by atoms with Gasteiger partial charge in [-0.3, -0.25) is 9.59 Å². The third-order valence-corrected chi connectivity index (χ3v) is 5.48. The number of aromatic amines is 1. The molecule has 124 valence electrons. The van der Waals surface area contributed by atoms with E-state index in [-0.39, 0.29) is 11.5 Å². The van der Waals surface area contributed by atoms with Gasteiger partial charge in [-0.05, 0) is 11.6 Å². The van der Waals surface area contributed by atoms with Gasteiger partial charge in [0.15, 0.2) is 0 Å². The van der Waals surface area contributed by atoms with Gasteiger partial charge in [-0.2, -0.15) is 0 Å². The van der Waals surface area contributed by atoms with Crippen molar-refractivity contribution in [1.82, 2.24) is 14.9 Å². The minimum atomic E-state index is -0.132. The second-order valence-electron chi connectivity index (χ2n) is 5.49. The summed E-state index contributed by atoms with van der Waals surface area (Å²) in [6.07, 6.45) is 0. The van der Waals surface area contributed by atoms with Crippen LogP contribution in [0.3, 0.4) is 0 Å². The lowest BCUT2D eigenvalue weighted by Crippen LogP contribution is -2.23. The molecule has 0 atom stereocenters. The molecule has 0 aliphatic heterocycles. The van der Waals surface area contributed by atoms with Crippen molar-refractivity contribution < 1.29 is 4.79 Å². The van der Waals surface area contributed by atoms with E-state index in [1.165, 1.54) is 23.1 Å². The molecule has 24 heavy (non-hydrogen) atoms. The Morgan fingerprint density at radius 2 is 2.04 bits per heavy atom. The molecule has 1 aromatic carbocycles. The van der Waals surface area contributed by atoms with Crippen molar-refractivity contribution in [3.63, 3.8) is 0 Å². The maximum Gasteiger partial charge on any atom is 0.259 e. The molecule has 1 N–H and O–H groups in total. The van der Waals surface area contributed by atoms with E-state index >= 15 is 0 Å². The summed E-state index contributed by atoms with van der Waals surface area (Å²) in [4.78, 5) is 34.5. The molecule has 7 heteroatoms. The van der Waals surface area contributed by atoms with Gasteiger partial charge in [0.25, 0.3) is 5.56 Å². The van der Waals surface area contributed by atoms with Crippen LogP contribution >= 0.6 is 23.1 Å². The van der Waals surface area contributed by atoms with E-state index in [4.69, 9.17) is 0 Å². The molecule has 5 nitrogen and oxygen atoms in total. The number of hydrogen-bond acceptors (Lipinski definition) is 5. The molecule has 2 heterocycles. The van der Waals surface area contributed by atoms with Crippen molar-refractivity contribution in [2.24, 2.45) is 0 Å². The summed E-state index contributed by atoms with van der Waals surface area (Å²) in [7, 11) is 3.46. The minimum Gasteiger partial charge on any atom is -0.348 e. The highest BCUT2D eigenvalue weighted by molar-refractivity contribution is 7.99. The van der Waals surface area contributed by atoms with Gasteiger partial charge in [-0.25, -0.2) is 4.98 Å². The van der Waals surface area contributed by atoms with E-state index < -0.39 is 0 Å². The van der Waals surface area contributed by atoms with Gasteiger partial charge < -0.3 is 9.88 Å². The average molecular weight is 359 g/mol. The van der Waals surface area contributed by atoms with Gasteiger partial charge in [0.1, 0.15) is 10.7 Å². The van der Waals surface area contributed by atoms with Crippen molar-refractivity contribution in [2.75, 3.05) is 19.8 Å². The van der Waals surface area contributed by atoms with Crippen LogP contribution < -0.4 is 5.56 Å². The first-order valence-electron chi connectivity index (χ1n) is 7.40. The predicted molar refractivity (Wildman–Crippen MR) is 101 cm³/mol. The van der Waals surface area contributed by atoms with Crippen LogP contribution in [0.15, 0.2) is 41.2 Å². The maximum absolute atomic E-state index is 12.3. The molecule has 1 amide bonds. The highest BCUT2D eigenvalue weighted by Gasteiger charge is 2.11. The van der Waals surface area contributed by atoms with Crippen LogP contribution in [0, 0.1) is 0 Å². The summed E-state index contributed by atoms with van der Waals surface area (Å²) < 4.78 is 0. The summed E-state index contributed by atoms with van der Waals surface area (Å²) in [5, 5.41) is 0.608. The van der Waals surface area contributed by atoms with Crippen molar-refractivity contribution in [2.45, 2.75) is 5.75 Å². The Kier molecular flexibility index (Phi) is 5.01. The Hall–Kier alpha value is -2.12. The fraction of sp³-hybridized carbons (Fsp3) is 0.235. The van der Waals surface area contributed by atoms with Gasteiger partial charge in [0, 0.05) is 19.0 Å². The first-order chi connectivity index (χ1) is 11.5. The summed E-state index contributed by atoms with van der Waals surface area (Å²) in [6.45, 7) is 0. The van der Waals surface area contributed by atoms with Crippen LogP contribution in [0.5, 0.6) is 0 Å². The van der Waals surface area contributed by atoms with E-state index in [9.17, 15) is 9.59 Å². The molecular weight excluding hydrogens is 342 g/mol. The van der Waals surface area contributed by atoms with Crippen molar-refractivity contribution >= 4 is 39.2 Å². The Bertz CT molecular complexity index is 916. The van der Waals surface area contributed by atoms with Crippen molar-refractivity contribution in [1.29, 1.82) is 0 Å². The smallest absolute Gasteiger partial charge is 0.259 e. The minimum absolute atomic E-state index is 0.0471. The van der Waals surface area contributed by atoms with Gasteiger partial charge in [0.05, 0.1) is 16.9 Å². The Morgan fingerprint density at radius 3 is 2.75 bits per heavy atom. The number of nitrogens with zero attached hydrogens (tertiary/aromatic N) is 2. The topological polar surface area (TPSA) is 66.1 Å². The van der Waals surface area contributed by atoms with E-state index in [0.717, 1.165) is 15.3 Å². The Labute approximate surface area is 147 Å². The zero-order valence-corrected chi connectivity index (χ0v) is 15.0. The number of hydrogen-bond donors (Lipinski definition) is 1. The highest BCUT2D eigenvalue weighted by Crippen LogP contribution is 2.30. The molecule has 0 unspecified atom stereocenters. The van der Waals surface area contributed by atoms with Gasteiger partial charge in [0.2, 0.25) is 5.91 Å². The van der Waals surface area contributed by atoms with E-state index in [1.54, 1.807) is 19.0 Å². The predicted octanol–water partition coefficient (Wildman–Crippen LogP) is 2.97. The number of nitrogens with one attached hydrogen (secondary N) is 1. The van der Waals surface area contributed by atoms with Crippen LogP contribution in [0.4, 0.5) is 0 Å². The molecule has 0 saturated heterocycles. The normalized spacial score (nSPS) is 10.9. The van der Waals surface area contributed by atoms with E-state index in [2.05, 4.69) is 9.97 Å². The molecule has 0 saturated carbocycles. The molecule has 0 aliphatic carbocycles. The monoisotopic (exact) mass is 359 g/mol. The second-order valence-corrected chi connectivity index (χ2v) is 7.51. The zero-order chi connectivity index (χ0) is 17.1. The highest BCUT2D eigenvalue weighted by atomic mass is 32.2. The first-order valence-corrected chi connectivity index (χ1v) is 9.38. The lowest BCUT2D eigenvalue weighted by molar-refractivity contribution is -0.125. The number of carbonyl (C=O) groups excluding carboxylic acids is 1. The van der Waals surface area contributed by atoms with Gasteiger partial charge >= 0.3 is 0 Å². The quantitative estimate of drug-likeness (QED) is 0.761. The Balaban J connectivity index is 1.82.